The fourth-order valence-electron chi connectivity index (χ4n) is 0.692. The van der Waals surface area contributed by atoms with Crippen molar-refractivity contribution in [3.8, 4) is 11.8 Å². The number of benzene rings is 1. The van der Waals surface area contributed by atoms with Crippen LogP contribution in [0.15, 0.2) is 24.3 Å². The molecule has 60 valence electrons. The van der Waals surface area contributed by atoms with Crippen molar-refractivity contribution in [3.63, 3.8) is 0 Å². The Balaban J connectivity index is 2.92. The third kappa shape index (κ3) is 2.43. The fraction of sp³-hybridized carbons (Fsp3) is 0. The Labute approximate surface area is 68.6 Å². The molecule has 12 heavy (non-hydrogen) atoms. The summed E-state index contributed by atoms with van der Waals surface area (Å²) in [6.07, 6.45) is 0. The van der Waals surface area contributed by atoms with Crippen molar-refractivity contribution >= 4 is 5.97 Å². The molecule has 0 unspecified atom stereocenters. The third-order valence-electron chi connectivity index (χ3n) is 1.14. The van der Waals surface area contributed by atoms with Crippen molar-refractivity contribution in [2.24, 2.45) is 0 Å². The van der Waals surface area contributed by atoms with E-state index >= 15 is 0 Å². The smallest absolute Gasteiger partial charge is 0.382 e. The van der Waals surface area contributed by atoms with E-state index in [2.05, 4.69) is 5.92 Å². The second-order valence-corrected chi connectivity index (χ2v) is 2.07. The molecule has 0 radical (unpaired) electrons. The summed E-state index contributed by atoms with van der Waals surface area (Å²) in [5.41, 5.74) is 0.359. The topological polar surface area (TPSA) is 37.3 Å². The molecule has 0 amide bonds. The number of rotatable bonds is 0. The Hall–Kier alpha value is -1.82. The maximum Gasteiger partial charge on any atom is 0.382 e. The zero-order valence-electron chi connectivity index (χ0n) is 6.04. The highest BCUT2D eigenvalue weighted by Gasteiger charge is 1.90. The molecule has 0 spiro atoms. The van der Waals surface area contributed by atoms with Gasteiger partial charge in [-0.05, 0) is 18.2 Å². The van der Waals surface area contributed by atoms with Gasteiger partial charge in [0.2, 0.25) is 0 Å². The molecule has 0 aliphatic heterocycles. The van der Waals surface area contributed by atoms with Crippen LogP contribution in [0.2, 0.25) is 0 Å². The Morgan fingerprint density at radius 1 is 1.50 bits per heavy atom. The first kappa shape index (κ1) is 8.28. The van der Waals surface area contributed by atoms with Crippen molar-refractivity contribution in [2.75, 3.05) is 0 Å². The molecule has 0 atom stereocenters. The standard InChI is InChI=1S/C9H5FO2/c10-8-3-1-2-7(6-8)4-5-9(11)12/h1-3,6H,(H,11,12). The van der Waals surface area contributed by atoms with Gasteiger partial charge in [0.05, 0.1) is 0 Å². The predicted molar refractivity (Wildman–Crippen MR) is 40.9 cm³/mol. The molecule has 1 aromatic carbocycles. The summed E-state index contributed by atoms with van der Waals surface area (Å²) in [5, 5.41) is 8.18. The molecule has 0 aliphatic carbocycles. The second kappa shape index (κ2) is 3.54. The molecule has 1 rings (SSSR count). The largest absolute Gasteiger partial charge is 0.472 e. The minimum Gasteiger partial charge on any atom is -0.472 e. The van der Waals surface area contributed by atoms with E-state index in [9.17, 15) is 9.18 Å². The normalized spacial score (nSPS) is 8.42. The summed E-state index contributed by atoms with van der Waals surface area (Å²) in [6, 6.07) is 5.46. The van der Waals surface area contributed by atoms with Gasteiger partial charge in [0.15, 0.2) is 0 Å². The van der Waals surface area contributed by atoms with Gasteiger partial charge >= 0.3 is 5.97 Å². The van der Waals surface area contributed by atoms with Crippen molar-refractivity contribution in [3.05, 3.63) is 35.6 Å². The number of carboxylic acid groups (broad SMARTS) is 1. The highest BCUT2D eigenvalue weighted by Crippen LogP contribution is 2.00. The molecule has 1 N–H and O–H groups in total. The van der Waals surface area contributed by atoms with E-state index in [0.717, 1.165) is 0 Å². The summed E-state index contributed by atoms with van der Waals surface area (Å²) in [7, 11) is 0. The van der Waals surface area contributed by atoms with Crippen LogP contribution in [0.3, 0.4) is 0 Å². The van der Waals surface area contributed by atoms with Crippen LogP contribution in [0.25, 0.3) is 0 Å². The highest BCUT2D eigenvalue weighted by molar-refractivity contribution is 5.87. The minimum atomic E-state index is -1.22. The van der Waals surface area contributed by atoms with Gasteiger partial charge in [-0.2, -0.15) is 0 Å². The maximum atomic E-state index is 12.5. The summed E-state index contributed by atoms with van der Waals surface area (Å²) in [4.78, 5) is 9.99. The molecule has 0 bridgehead atoms. The first-order valence-electron chi connectivity index (χ1n) is 3.19. The lowest BCUT2D eigenvalue weighted by Crippen LogP contribution is -1.87. The van der Waals surface area contributed by atoms with E-state index < -0.39 is 11.8 Å². The molecule has 0 fully saturated rings. The number of carbonyl (C=O) groups is 1. The Morgan fingerprint density at radius 2 is 2.25 bits per heavy atom. The maximum absolute atomic E-state index is 12.5. The van der Waals surface area contributed by atoms with Gasteiger partial charge in [0.1, 0.15) is 5.82 Å². The van der Waals surface area contributed by atoms with Crippen LogP contribution in [-0.2, 0) is 4.79 Å². The van der Waals surface area contributed by atoms with E-state index in [0.29, 0.717) is 5.56 Å². The van der Waals surface area contributed by atoms with E-state index in [-0.39, 0.29) is 0 Å². The minimum absolute atomic E-state index is 0.359. The molecular formula is C9H5FO2. The zero-order valence-corrected chi connectivity index (χ0v) is 6.04. The van der Waals surface area contributed by atoms with Crippen molar-refractivity contribution in [1.82, 2.24) is 0 Å². The van der Waals surface area contributed by atoms with Gasteiger partial charge in [-0.15, -0.1) is 0 Å². The summed E-state index contributed by atoms with van der Waals surface area (Å²) in [5.74, 6) is 2.54. The summed E-state index contributed by atoms with van der Waals surface area (Å²) >= 11 is 0. The van der Waals surface area contributed by atoms with Crippen molar-refractivity contribution < 1.29 is 14.3 Å². The lowest BCUT2D eigenvalue weighted by molar-refractivity contribution is -0.130. The average Bonchev–Trinajstić information content (AvgIpc) is 2.01. The van der Waals surface area contributed by atoms with Crippen molar-refractivity contribution in [1.29, 1.82) is 0 Å². The Bertz CT molecular complexity index is 360. The van der Waals surface area contributed by atoms with Gasteiger partial charge in [0.25, 0.3) is 0 Å². The van der Waals surface area contributed by atoms with Gasteiger partial charge in [-0.1, -0.05) is 12.0 Å². The van der Waals surface area contributed by atoms with E-state index in [1.165, 1.54) is 18.2 Å². The highest BCUT2D eigenvalue weighted by atomic mass is 19.1. The van der Waals surface area contributed by atoms with Crippen LogP contribution in [0.5, 0.6) is 0 Å². The van der Waals surface area contributed by atoms with Crippen LogP contribution in [0.1, 0.15) is 5.56 Å². The second-order valence-electron chi connectivity index (χ2n) is 2.07. The predicted octanol–water partition coefficient (Wildman–Crippen LogP) is 1.26. The molecule has 1 aromatic rings. The molecule has 0 saturated carbocycles. The van der Waals surface area contributed by atoms with Gasteiger partial charge in [-0.25, -0.2) is 9.18 Å². The van der Waals surface area contributed by atoms with Gasteiger partial charge in [-0.3, -0.25) is 0 Å². The van der Waals surface area contributed by atoms with Crippen LogP contribution in [-0.4, -0.2) is 11.1 Å². The Morgan fingerprint density at radius 3 is 2.83 bits per heavy atom. The van der Waals surface area contributed by atoms with Crippen LogP contribution < -0.4 is 0 Å². The van der Waals surface area contributed by atoms with Crippen LogP contribution in [0, 0.1) is 17.7 Å². The number of carboxylic acids is 1. The van der Waals surface area contributed by atoms with Crippen molar-refractivity contribution in [2.45, 2.75) is 0 Å². The molecular weight excluding hydrogens is 159 g/mol. The van der Waals surface area contributed by atoms with E-state index in [1.807, 2.05) is 5.92 Å². The third-order valence-corrected chi connectivity index (χ3v) is 1.14. The van der Waals surface area contributed by atoms with E-state index in [4.69, 9.17) is 5.11 Å². The number of halogens is 1. The number of hydrogen-bond donors (Lipinski definition) is 1. The Kier molecular flexibility index (Phi) is 2.44. The summed E-state index contributed by atoms with van der Waals surface area (Å²) < 4.78 is 12.5. The van der Waals surface area contributed by atoms with E-state index in [1.54, 1.807) is 6.07 Å². The van der Waals surface area contributed by atoms with Gasteiger partial charge in [0, 0.05) is 11.5 Å². The number of aliphatic carboxylic acids is 1. The molecule has 2 nitrogen and oxygen atoms in total. The first-order chi connectivity index (χ1) is 5.68. The number of hydrogen-bond acceptors (Lipinski definition) is 1. The van der Waals surface area contributed by atoms with Crippen LogP contribution in [0.4, 0.5) is 4.39 Å². The molecule has 0 saturated heterocycles. The molecule has 3 heteroatoms. The quantitative estimate of drug-likeness (QED) is 0.586. The first-order valence-corrected chi connectivity index (χ1v) is 3.19. The zero-order chi connectivity index (χ0) is 8.97. The summed E-state index contributed by atoms with van der Waals surface area (Å²) in [6.45, 7) is 0. The lowest BCUT2D eigenvalue weighted by Gasteiger charge is -1.88. The van der Waals surface area contributed by atoms with Gasteiger partial charge < -0.3 is 5.11 Å². The van der Waals surface area contributed by atoms with Crippen LogP contribution >= 0.6 is 0 Å². The SMILES string of the molecule is O=C(O)C#Cc1cccc(F)c1. The molecule has 0 heterocycles. The fourth-order valence-corrected chi connectivity index (χ4v) is 0.692. The lowest BCUT2D eigenvalue weighted by atomic mass is 10.2. The average molecular weight is 164 g/mol. The molecule has 0 aliphatic rings. The molecule has 0 aromatic heterocycles. The monoisotopic (exact) mass is 164 g/mol.